The summed E-state index contributed by atoms with van der Waals surface area (Å²) in [5, 5.41) is 3.48. The molecule has 0 atom stereocenters. The van der Waals surface area contributed by atoms with E-state index in [4.69, 9.17) is 16.3 Å². The highest BCUT2D eigenvalue weighted by Gasteiger charge is 2.22. The van der Waals surface area contributed by atoms with Gasteiger partial charge in [0.15, 0.2) is 0 Å². The molecular formula is C22H27ClN2O4S. The molecule has 3 rings (SSSR count). The largest absolute Gasteiger partial charge is 0.493 e. The lowest BCUT2D eigenvalue weighted by Gasteiger charge is -2.13. The van der Waals surface area contributed by atoms with Crippen molar-refractivity contribution in [2.24, 2.45) is 0 Å². The summed E-state index contributed by atoms with van der Waals surface area (Å²) in [6.07, 6.45) is 4.84. The zero-order valence-electron chi connectivity index (χ0n) is 16.8. The fourth-order valence-corrected chi connectivity index (χ4v) is 4.82. The molecule has 6 nitrogen and oxygen atoms in total. The number of hydrogen-bond donors (Lipinski definition) is 2. The number of nitrogens with one attached hydrogen (secondary N) is 2. The van der Waals surface area contributed by atoms with E-state index in [0.717, 1.165) is 31.2 Å². The molecule has 0 saturated heterocycles. The van der Waals surface area contributed by atoms with Gasteiger partial charge in [0.1, 0.15) is 5.75 Å². The van der Waals surface area contributed by atoms with Crippen molar-refractivity contribution in [3.63, 3.8) is 0 Å². The second-order valence-electron chi connectivity index (χ2n) is 7.40. The number of amides is 1. The van der Waals surface area contributed by atoms with Gasteiger partial charge in [-0.05, 0) is 61.2 Å². The number of halogens is 1. The van der Waals surface area contributed by atoms with Gasteiger partial charge in [-0.1, -0.05) is 36.6 Å². The zero-order valence-corrected chi connectivity index (χ0v) is 18.3. The smallest absolute Gasteiger partial charge is 0.240 e. The first-order valence-electron chi connectivity index (χ1n) is 10.2. The zero-order chi connectivity index (χ0) is 21.4. The number of benzene rings is 2. The fraction of sp³-hybridized carbons (Fsp3) is 0.409. The average molecular weight is 451 g/mol. The van der Waals surface area contributed by atoms with Crippen molar-refractivity contribution in [2.45, 2.75) is 49.5 Å². The number of rotatable bonds is 10. The molecule has 2 aromatic rings. The van der Waals surface area contributed by atoms with Crippen molar-refractivity contribution >= 4 is 27.5 Å². The molecule has 1 amide bonds. The van der Waals surface area contributed by atoms with Crippen LogP contribution in [0.5, 0.6) is 5.75 Å². The molecule has 0 spiro atoms. The Hall–Kier alpha value is -2.09. The molecule has 8 heteroatoms. The molecule has 1 aliphatic rings. The van der Waals surface area contributed by atoms with Crippen LogP contribution in [0.2, 0.25) is 5.02 Å². The number of hydrogen-bond acceptors (Lipinski definition) is 4. The van der Waals surface area contributed by atoms with E-state index in [-0.39, 0.29) is 29.9 Å². The highest BCUT2D eigenvalue weighted by atomic mass is 35.5. The standard InChI is InChI=1S/C22H27ClN2O4S/c23-18-7-9-20(10-8-18)29-16-14-22(26)24-15-13-17-5-11-21(12-6-17)30(27,28)25-19-3-1-2-4-19/h5-12,19,25H,1-4,13-16H2,(H,24,26). The molecule has 0 aliphatic heterocycles. The summed E-state index contributed by atoms with van der Waals surface area (Å²) in [4.78, 5) is 12.2. The molecule has 0 radical (unpaired) electrons. The highest BCUT2D eigenvalue weighted by molar-refractivity contribution is 7.89. The van der Waals surface area contributed by atoms with E-state index >= 15 is 0 Å². The number of sulfonamides is 1. The van der Waals surface area contributed by atoms with Gasteiger partial charge in [-0.15, -0.1) is 0 Å². The Kier molecular flexibility index (Phi) is 8.13. The minimum Gasteiger partial charge on any atom is -0.493 e. The Labute approximate surface area is 183 Å². The minimum absolute atomic E-state index is 0.0496. The topological polar surface area (TPSA) is 84.5 Å². The first kappa shape index (κ1) is 22.6. The Bertz CT molecular complexity index is 925. The summed E-state index contributed by atoms with van der Waals surface area (Å²) < 4.78 is 33.2. The lowest BCUT2D eigenvalue weighted by molar-refractivity contribution is -0.121. The predicted octanol–water partition coefficient (Wildman–Crippen LogP) is 3.69. The van der Waals surface area contributed by atoms with Crippen LogP contribution in [0.25, 0.3) is 0 Å². The summed E-state index contributed by atoms with van der Waals surface area (Å²) in [5.74, 6) is 0.577. The highest BCUT2D eigenvalue weighted by Crippen LogP contribution is 2.20. The summed E-state index contributed by atoms with van der Waals surface area (Å²) in [6.45, 7) is 0.764. The molecule has 0 aromatic heterocycles. The summed E-state index contributed by atoms with van der Waals surface area (Å²) in [6, 6.07) is 13.9. The summed E-state index contributed by atoms with van der Waals surface area (Å²) in [5.41, 5.74) is 0.965. The molecule has 1 saturated carbocycles. The van der Waals surface area contributed by atoms with E-state index in [1.54, 1.807) is 48.5 Å². The van der Waals surface area contributed by atoms with Crippen LogP contribution in [0.3, 0.4) is 0 Å². The van der Waals surface area contributed by atoms with Crippen LogP contribution in [0.4, 0.5) is 0 Å². The van der Waals surface area contributed by atoms with Crippen molar-refractivity contribution in [1.29, 1.82) is 0 Å². The van der Waals surface area contributed by atoms with Crippen molar-refractivity contribution in [1.82, 2.24) is 10.0 Å². The van der Waals surface area contributed by atoms with Gasteiger partial charge in [-0.25, -0.2) is 13.1 Å². The second-order valence-corrected chi connectivity index (χ2v) is 9.55. The van der Waals surface area contributed by atoms with Gasteiger partial charge in [0, 0.05) is 17.6 Å². The maximum absolute atomic E-state index is 12.4. The maximum Gasteiger partial charge on any atom is 0.240 e. The predicted molar refractivity (Wildman–Crippen MR) is 117 cm³/mol. The van der Waals surface area contributed by atoms with Crippen LogP contribution < -0.4 is 14.8 Å². The Morgan fingerprint density at radius 3 is 2.37 bits per heavy atom. The van der Waals surface area contributed by atoms with Crippen LogP contribution >= 0.6 is 11.6 Å². The van der Waals surface area contributed by atoms with E-state index in [2.05, 4.69) is 10.0 Å². The normalized spacial score (nSPS) is 14.6. The Balaban J connectivity index is 1.37. The Morgan fingerprint density at radius 1 is 1.03 bits per heavy atom. The van der Waals surface area contributed by atoms with Crippen LogP contribution in [0, 0.1) is 0 Å². The first-order valence-corrected chi connectivity index (χ1v) is 12.0. The molecule has 0 heterocycles. The van der Waals surface area contributed by atoms with Gasteiger partial charge in [-0.2, -0.15) is 0 Å². The van der Waals surface area contributed by atoms with Crippen molar-refractivity contribution in [2.75, 3.05) is 13.2 Å². The molecule has 0 bridgehead atoms. The van der Waals surface area contributed by atoms with Gasteiger partial charge in [0.2, 0.25) is 15.9 Å². The summed E-state index contributed by atoms with van der Waals surface area (Å²) >= 11 is 5.82. The van der Waals surface area contributed by atoms with E-state index < -0.39 is 10.0 Å². The van der Waals surface area contributed by atoms with Crippen molar-refractivity contribution in [3.8, 4) is 5.75 Å². The minimum atomic E-state index is -3.47. The monoisotopic (exact) mass is 450 g/mol. The van der Waals surface area contributed by atoms with Crippen LogP contribution in [-0.2, 0) is 21.2 Å². The van der Waals surface area contributed by atoms with Crippen molar-refractivity contribution < 1.29 is 17.9 Å². The SMILES string of the molecule is O=C(CCOc1ccc(Cl)cc1)NCCc1ccc(S(=O)(=O)NC2CCCC2)cc1. The molecule has 1 fully saturated rings. The quantitative estimate of drug-likeness (QED) is 0.578. The lowest BCUT2D eigenvalue weighted by atomic mass is 10.1. The molecule has 30 heavy (non-hydrogen) atoms. The molecule has 2 N–H and O–H groups in total. The van der Waals surface area contributed by atoms with Crippen LogP contribution in [-0.4, -0.2) is 33.5 Å². The second kappa shape index (κ2) is 10.8. The third-order valence-corrected chi connectivity index (χ3v) is 6.85. The molecule has 2 aromatic carbocycles. The van der Waals surface area contributed by atoms with Gasteiger partial charge < -0.3 is 10.1 Å². The average Bonchev–Trinajstić information content (AvgIpc) is 3.22. The maximum atomic E-state index is 12.4. The lowest BCUT2D eigenvalue weighted by Crippen LogP contribution is -2.32. The molecular weight excluding hydrogens is 424 g/mol. The molecule has 1 aliphatic carbocycles. The molecule has 162 valence electrons. The van der Waals surface area contributed by atoms with E-state index in [0.29, 0.717) is 23.7 Å². The summed E-state index contributed by atoms with van der Waals surface area (Å²) in [7, 11) is -3.47. The number of ether oxygens (including phenoxy) is 1. The Morgan fingerprint density at radius 2 is 1.70 bits per heavy atom. The number of carbonyl (C=O) groups excluding carboxylic acids is 1. The molecule has 0 unspecified atom stereocenters. The van der Waals surface area contributed by atoms with Gasteiger partial charge in [0.05, 0.1) is 17.9 Å². The third-order valence-electron chi connectivity index (χ3n) is 5.06. The fourth-order valence-electron chi connectivity index (χ4n) is 3.39. The van der Waals surface area contributed by atoms with Crippen molar-refractivity contribution in [3.05, 3.63) is 59.1 Å². The van der Waals surface area contributed by atoms with Crippen LogP contribution in [0.1, 0.15) is 37.7 Å². The van der Waals surface area contributed by atoms with E-state index in [9.17, 15) is 13.2 Å². The van der Waals surface area contributed by atoms with E-state index in [1.165, 1.54) is 0 Å². The first-order chi connectivity index (χ1) is 14.4. The third kappa shape index (κ3) is 7.00. The van der Waals surface area contributed by atoms with Gasteiger partial charge in [-0.3, -0.25) is 4.79 Å². The van der Waals surface area contributed by atoms with Crippen LogP contribution in [0.15, 0.2) is 53.4 Å². The van der Waals surface area contributed by atoms with E-state index in [1.807, 2.05) is 0 Å². The number of carbonyl (C=O) groups is 1. The van der Waals surface area contributed by atoms with Gasteiger partial charge in [0.25, 0.3) is 0 Å². The van der Waals surface area contributed by atoms with Gasteiger partial charge >= 0.3 is 0 Å².